The number of ether oxygens (including phenoxy) is 6. The average molecular weight is 464 g/mol. The fourth-order valence-electron chi connectivity index (χ4n) is 3.94. The Morgan fingerprint density at radius 2 is 1.26 bits per heavy atom. The van der Waals surface area contributed by atoms with Crippen LogP contribution in [0, 0.1) is 17.3 Å². The van der Waals surface area contributed by atoms with Crippen LogP contribution in [0.3, 0.4) is 0 Å². The summed E-state index contributed by atoms with van der Waals surface area (Å²) >= 11 is 4.55. The van der Waals surface area contributed by atoms with E-state index in [9.17, 15) is 0 Å². The molecule has 2 bridgehead atoms. The second-order valence-electron chi connectivity index (χ2n) is 10.3. The van der Waals surface area contributed by atoms with Crippen molar-refractivity contribution in [3.63, 3.8) is 0 Å². The van der Waals surface area contributed by atoms with E-state index in [1.54, 1.807) is 0 Å². The Labute approximate surface area is 194 Å². The van der Waals surface area contributed by atoms with Gasteiger partial charge in [0.15, 0.2) is 0 Å². The largest absolute Gasteiger partial charge is 0.381 e. The molecule has 0 aromatic carbocycles. The molecule has 8 heteroatoms. The van der Waals surface area contributed by atoms with E-state index in [0.717, 1.165) is 46.1 Å². The molecule has 2 fully saturated rings. The van der Waals surface area contributed by atoms with Crippen LogP contribution in [0.1, 0.15) is 34.6 Å². The molecule has 2 saturated heterocycles. The maximum Gasteiger partial charge on any atom is 0.105 e. The van der Waals surface area contributed by atoms with Crippen LogP contribution in [-0.4, -0.2) is 102 Å². The number of nitrogens with zero attached hydrogens (tertiary/aromatic N) is 1. The van der Waals surface area contributed by atoms with Crippen molar-refractivity contribution in [3.05, 3.63) is 0 Å². The second-order valence-corrected chi connectivity index (χ2v) is 11.4. The fraction of sp³-hybridized carbons (Fsp3) is 1.00. The molecule has 0 aliphatic carbocycles. The second kappa shape index (κ2) is 13.7. The van der Waals surface area contributed by atoms with Crippen molar-refractivity contribution in [2.24, 2.45) is 17.3 Å². The van der Waals surface area contributed by atoms with Crippen LogP contribution < -0.4 is 0 Å². The highest BCUT2D eigenvalue weighted by atomic mass is 32.1. The average Bonchev–Trinajstić information content (AvgIpc) is 2.64. The van der Waals surface area contributed by atoms with Crippen molar-refractivity contribution in [2.75, 3.05) is 85.7 Å². The highest BCUT2D eigenvalue weighted by Crippen LogP contribution is 2.33. The van der Waals surface area contributed by atoms with Crippen molar-refractivity contribution in [1.82, 2.24) is 4.90 Å². The molecule has 7 nitrogen and oxygen atoms in total. The molecule has 0 amide bonds. The van der Waals surface area contributed by atoms with Crippen molar-refractivity contribution in [3.8, 4) is 0 Å². The highest BCUT2D eigenvalue weighted by molar-refractivity contribution is 7.81. The maximum absolute atomic E-state index is 6.22. The van der Waals surface area contributed by atoms with Crippen molar-refractivity contribution in [1.29, 1.82) is 0 Å². The molecule has 2 atom stereocenters. The molecule has 31 heavy (non-hydrogen) atoms. The van der Waals surface area contributed by atoms with E-state index in [0.29, 0.717) is 51.5 Å². The van der Waals surface area contributed by atoms with Gasteiger partial charge in [-0.3, -0.25) is 0 Å². The first-order chi connectivity index (χ1) is 14.6. The van der Waals surface area contributed by atoms with Gasteiger partial charge in [0.2, 0.25) is 0 Å². The van der Waals surface area contributed by atoms with Gasteiger partial charge in [-0.1, -0.05) is 20.8 Å². The quantitative estimate of drug-likeness (QED) is 0.228. The number of rotatable bonds is 15. The van der Waals surface area contributed by atoms with E-state index < -0.39 is 4.93 Å². The van der Waals surface area contributed by atoms with Crippen LogP contribution in [-0.2, 0) is 28.4 Å². The summed E-state index contributed by atoms with van der Waals surface area (Å²) in [6, 6.07) is 0. The maximum atomic E-state index is 6.22. The van der Waals surface area contributed by atoms with Gasteiger partial charge in [-0.2, -0.15) is 0 Å². The van der Waals surface area contributed by atoms with Gasteiger partial charge in [0.25, 0.3) is 0 Å². The number of hydrogen-bond donors (Lipinski definition) is 1. The summed E-state index contributed by atoms with van der Waals surface area (Å²) in [7, 11) is 0. The lowest BCUT2D eigenvalue weighted by Gasteiger charge is -2.48. The Bertz CT molecular complexity index is 468. The van der Waals surface area contributed by atoms with E-state index in [1.807, 2.05) is 13.8 Å². The summed E-state index contributed by atoms with van der Waals surface area (Å²) in [5, 5.41) is 0. The third-order valence-corrected chi connectivity index (χ3v) is 5.31. The standard InChI is InChI=1S/C23H45NO6S/c1-22(2,3)18-28-13-12-27-11-10-26-9-8-25-7-6-24-14-19-16-29-17-20(15-24)21(19)30-23(4,5)31/h19-21,31H,6-18H2,1-5H3. The van der Waals surface area contributed by atoms with Crippen LogP contribution in [0.4, 0.5) is 0 Å². The number of piperidine rings is 1. The lowest BCUT2D eigenvalue weighted by atomic mass is 9.84. The minimum absolute atomic E-state index is 0.199. The molecule has 2 unspecified atom stereocenters. The minimum atomic E-state index is -0.408. The number of likely N-dealkylation sites (tertiary alicyclic amines) is 1. The van der Waals surface area contributed by atoms with Crippen molar-refractivity contribution >= 4 is 12.6 Å². The zero-order valence-corrected chi connectivity index (χ0v) is 21.2. The molecule has 0 N–H and O–H groups in total. The smallest absolute Gasteiger partial charge is 0.105 e. The van der Waals surface area contributed by atoms with Gasteiger partial charge in [0, 0.05) is 31.5 Å². The number of fused-ring (bicyclic) bond motifs is 2. The zero-order chi connectivity index (χ0) is 22.7. The van der Waals surface area contributed by atoms with Gasteiger partial charge in [0.05, 0.1) is 72.2 Å². The highest BCUT2D eigenvalue weighted by Gasteiger charge is 2.42. The summed E-state index contributed by atoms with van der Waals surface area (Å²) in [4.78, 5) is 2.06. The number of hydrogen-bond acceptors (Lipinski definition) is 8. The first-order valence-corrected chi connectivity index (χ1v) is 12.1. The first kappa shape index (κ1) is 27.3. The lowest BCUT2D eigenvalue weighted by molar-refractivity contribution is -0.171. The molecule has 184 valence electrons. The molecule has 2 rings (SSSR count). The van der Waals surface area contributed by atoms with Crippen LogP contribution in [0.15, 0.2) is 0 Å². The van der Waals surface area contributed by atoms with Gasteiger partial charge < -0.3 is 33.3 Å². The fourth-order valence-corrected chi connectivity index (χ4v) is 4.06. The Morgan fingerprint density at radius 1 is 0.774 bits per heavy atom. The van der Waals surface area contributed by atoms with E-state index in [4.69, 9.17) is 28.4 Å². The lowest BCUT2D eigenvalue weighted by Crippen LogP contribution is -2.57. The molecule has 0 spiro atoms. The molecule has 0 aromatic heterocycles. The minimum Gasteiger partial charge on any atom is -0.381 e. The van der Waals surface area contributed by atoms with Gasteiger partial charge in [-0.25, -0.2) is 0 Å². The van der Waals surface area contributed by atoms with Crippen molar-refractivity contribution in [2.45, 2.75) is 45.7 Å². The Kier molecular flexibility index (Phi) is 12.1. The van der Waals surface area contributed by atoms with E-state index in [1.165, 1.54) is 0 Å². The predicted molar refractivity (Wildman–Crippen MR) is 125 cm³/mol. The van der Waals surface area contributed by atoms with Crippen molar-refractivity contribution < 1.29 is 28.4 Å². The summed E-state index contributed by atoms with van der Waals surface area (Å²) < 4.78 is 34.4. The van der Waals surface area contributed by atoms with Gasteiger partial charge in [0.1, 0.15) is 4.93 Å². The molecular formula is C23H45NO6S. The molecule has 0 saturated carbocycles. The third-order valence-electron chi connectivity index (χ3n) is 5.21. The van der Waals surface area contributed by atoms with E-state index in [-0.39, 0.29) is 11.5 Å². The third kappa shape index (κ3) is 12.2. The monoisotopic (exact) mass is 463 g/mol. The van der Waals surface area contributed by atoms with Gasteiger partial charge in [-0.05, 0) is 19.3 Å². The van der Waals surface area contributed by atoms with E-state index in [2.05, 4.69) is 38.3 Å². The first-order valence-electron chi connectivity index (χ1n) is 11.7. The van der Waals surface area contributed by atoms with Crippen LogP contribution in [0.2, 0.25) is 0 Å². The predicted octanol–water partition coefficient (Wildman–Crippen LogP) is 2.73. The molecular weight excluding hydrogens is 418 g/mol. The Balaban J connectivity index is 1.43. The molecule has 0 aromatic rings. The van der Waals surface area contributed by atoms with Gasteiger partial charge in [-0.15, -0.1) is 12.6 Å². The summed E-state index contributed by atoms with van der Waals surface area (Å²) in [5.74, 6) is 0.808. The molecule has 2 heterocycles. The molecule has 0 radical (unpaired) electrons. The summed E-state index contributed by atoms with van der Waals surface area (Å²) in [6.45, 7) is 20.0. The summed E-state index contributed by atoms with van der Waals surface area (Å²) in [6.07, 6.45) is 0.235. The normalized spacial score (nSPS) is 25.2. The van der Waals surface area contributed by atoms with Crippen LogP contribution in [0.5, 0.6) is 0 Å². The SMILES string of the molecule is CC(C)(C)COCCOCCOCCOCCN1CC2COCC(C1)C2OC(C)(C)S. The number of thiol groups is 1. The van der Waals surface area contributed by atoms with E-state index >= 15 is 0 Å². The van der Waals surface area contributed by atoms with Crippen LogP contribution in [0.25, 0.3) is 0 Å². The van der Waals surface area contributed by atoms with Gasteiger partial charge >= 0.3 is 0 Å². The van der Waals surface area contributed by atoms with Crippen LogP contribution >= 0.6 is 12.6 Å². The Hall–Kier alpha value is 0.0700. The molecule has 2 aliphatic heterocycles. The topological polar surface area (TPSA) is 58.6 Å². The zero-order valence-electron chi connectivity index (χ0n) is 20.3. The Morgan fingerprint density at radius 3 is 1.74 bits per heavy atom. The molecule has 2 aliphatic rings. The summed E-state index contributed by atoms with van der Waals surface area (Å²) in [5.41, 5.74) is 0.199.